The molecule has 3 aromatic carbocycles. The van der Waals surface area contributed by atoms with E-state index in [1.165, 1.54) is 46.4 Å². The van der Waals surface area contributed by atoms with Crippen LogP contribution in [0.25, 0.3) is 21.5 Å². The Morgan fingerprint density at radius 2 is 1.50 bits per heavy atom. The predicted octanol–water partition coefficient (Wildman–Crippen LogP) is 4.79. The standard InChI is InChI=1S/C19H19N/c20-19(13-7-5-8-13)18-12-14-6-1-2-9-15(14)16-10-3-4-11-17(16)18/h1-4,6,9-13,19H,5,7-8,20H2/t19-/m0/s1. The molecular weight excluding hydrogens is 242 g/mol. The molecule has 0 bridgehead atoms. The molecule has 4 rings (SSSR count). The van der Waals surface area contributed by atoms with Crippen LogP contribution in [0.4, 0.5) is 0 Å². The van der Waals surface area contributed by atoms with Crippen molar-refractivity contribution in [2.24, 2.45) is 11.7 Å². The quantitative estimate of drug-likeness (QED) is 0.659. The SMILES string of the molecule is N[C@H](c1cc2ccccc2c2ccccc12)C1CCC1. The number of hydrogen-bond acceptors (Lipinski definition) is 1. The van der Waals surface area contributed by atoms with E-state index >= 15 is 0 Å². The van der Waals surface area contributed by atoms with Gasteiger partial charge >= 0.3 is 0 Å². The molecule has 0 aliphatic heterocycles. The zero-order valence-electron chi connectivity index (χ0n) is 11.5. The molecule has 0 saturated heterocycles. The molecule has 0 radical (unpaired) electrons. The Bertz CT molecular complexity index is 771. The van der Waals surface area contributed by atoms with Crippen LogP contribution in [0.1, 0.15) is 30.9 Å². The van der Waals surface area contributed by atoms with E-state index in [4.69, 9.17) is 5.73 Å². The van der Waals surface area contributed by atoms with Crippen LogP contribution in [-0.2, 0) is 0 Å². The molecule has 100 valence electrons. The Kier molecular flexibility index (Phi) is 2.75. The van der Waals surface area contributed by atoms with Crippen molar-refractivity contribution < 1.29 is 0 Å². The fraction of sp³-hybridized carbons (Fsp3) is 0.263. The average Bonchev–Trinajstić information content (AvgIpc) is 2.44. The first kappa shape index (κ1) is 11.9. The second kappa shape index (κ2) is 4.60. The van der Waals surface area contributed by atoms with Gasteiger partial charge in [0.15, 0.2) is 0 Å². The van der Waals surface area contributed by atoms with Gasteiger partial charge in [-0.15, -0.1) is 0 Å². The van der Waals surface area contributed by atoms with Crippen molar-refractivity contribution in [2.45, 2.75) is 25.3 Å². The van der Waals surface area contributed by atoms with Crippen molar-refractivity contribution in [3.05, 3.63) is 60.2 Å². The molecule has 1 saturated carbocycles. The van der Waals surface area contributed by atoms with Gasteiger partial charge in [-0.1, -0.05) is 55.0 Å². The Hall–Kier alpha value is -1.86. The predicted molar refractivity (Wildman–Crippen MR) is 85.7 cm³/mol. The van der Waals surface area contributed by atoms with E-state index < -0.39 is 0 Å². The van der Waals surface area contributed by atoms with E-state index in [9.17, 15) is 0 Å². The van der Waals surface area contributed by atoms with Crippen molar-refractivity contribution in [1.82, 2.24) is 0 Å². The number of fused-ring (bicyclic) bond motifs is 3. The van der Waals surface area contributed by atoms with Gasteiger partial charge in [0.05, 0.1) is 0 Å². The Morgan fingerprint density at radius 3 is 2.20 bits per heavy atom. The highest BCUT2D eigenvalue weighted by Crippen LogP contribution is 2.40. The van der Waals surface area contributed by atoms with Crippen LogP contribution >= 0.6 is 0 Å². The first-order chi connectivity index (χ1) is 9.84. The van der Waals surface area contributed by atoms with Gasteiger partial charge in [0.2, 0.25) is 0 Å². The van der Waals surface area contributed by atoms with Gasteiger partial charge in [0, 0.05) is 6.04 Å². The molecule has 0 spiro atoms. The fourth-order valence-corrected chi connectivity index (χ4v) is 3.41. The minimum atomic E-state index is 0.179. The highest BCUT2D eigenvalue weighted by Gasteiger charge is 2.26. The van der Waals surface area contributed by atoms with E-state index in [-0.39, 0.29) is 6.04 Å². The zero-order chi connectivity index (χ0) is 13.5. The van der Waals surface area contributed by atoms with Crippen molar-refractivity contribution in [3.63, 3.8) is 0 Å². The van der Waals surface area contributed by atoms with Gasteiger partial charge in [0.1, 0.15) is 0 Å². The molecule has 1 aliphatic carbocycles. The number of rotatable bonds is 2. The lowest BCUT2D eigenvalue weighted by Gasteiger charge is -2.32. The fourth-order valence-electron chi connectivity index (χ4n) is 3.41. The molecule has 1 nitrogen and oxygen atoms in total. The van der Waals surface area contributed by atoms with Crippen molar-refractivity contribution in [2.75, 3.05) is 0 Å². The van der Waals surface area contributed by atoms with Gasteiger partial charge in [-0.2, -0.15) is 0 Å². The third kappa shape index (κ3) is 1.74. The summed E-state index contributed by atoms with van der Waals surface area (Å²) in [6, 6.07) is 19.8. The Morgan fingerprint density at radius 1 is 0.850 bits per heavy atom. The van der Waals surface area contributed by atoms with Gasteiger partial charge < -0.3 is 5.73 Å². The van der Waals surface area contributed by atoms with E-state index in [1.54, 1.807) is 0 Å². The second-order valence-electron chi connectivity index (χ2n) is 5.95. The molecular formula is C19H19N. The summed E-state index contributed by atoms with van der Waals surface area (Å²) < 4.78 is 0. The lowest BCUT2D eigenvalue weighted by Crippen LogP contribution is -2.27. The molecule has 1 heteroatoms. The number of benzene rings is 3. The van der Waals surface area contributed by atoms with Crippen LogP contribution in [0.3, 0.4) is 0 Å². The van der Waals surface area contributed by atoms with Crippen LogP contribution in [0, 0.1) is 5.92 Å². The van der Waals surface area contributed by atoms with Crippen LogP contribution in [0.15, 0.2) is 54.6 Å². The van der Waals surface area contributed by atoms with E-state index in [0.717, 1.165) is 0 Å². The summed E-state index contributed by atoms with van der Waals surface area (Å²) in [6.45, 7) is 0. The largest absolute Gasteiger partial charge is 0.324 e. The second-order valence-corrected chi connectivity index (χ2v) is 5.95. The summed E-state index contributed by atoms with van der Waals surface area (Å²) >= 11 is 0. The number of nitrogens with two attached hydrogens (primary N) is 1. The molecule has 3 aromatic rings. The highest BCUT2D eigenvalue weighted by molar-refractivity contribution is 6.09. The summed E-state index contributed by atoms with van der Waals surface area (Å²) in [6.07, 6.45) is 3.90. The van der Waals surface area contributed by atoms with Crippen LogP contribution in [0.2, 0.25) is 0 Å². The molecule has 0 aromatic heterocycles. The van der Waals surface area contributed by atoms with Crippen molar-refractivity contribution in [3.8, 4) is 0 Å². The van der Waals surface area contributed by atoms with Gasteiger partial charge in [0.25, 0.3) is 0 Å². The molecule has 1 fully saturated rings. The normalized spacial score (nSPS) is 17.2. The minimum absolute atomic E-state index is 0.179. The van der Waals surface area contributed by atoms with Crippen molar-refractivity contribution in [1.29, 1.82) is 0 Å². The molecule has 0 heterocycles. The lowest BCUT2D eigenvalue weighted by atomic mass is 9.76. The Labute approximate surface area is 119 Å². The molecule has 0 amide bonds. The summed E-state index contributed by atoms with van der Waals surface area (Å²) in [5.41, 5.74) is 7.88. The van der Waals surface area contributed by atoms with Gasteiger partial charge in [-0.3, -0.25) is 0 Å². The maximum absolute atomic E-state index is 6.56. The summed E-state index contributed by atoms with van der Waals surface area (Å²) in [5, 5.41) is 5.28. The summed E-state index contributed by atoms with van der Waals surface area (Å²) in [5.74, 6) is 0.666. The lowest BCUT2D eigenvalue weighted by molar-refractivity contribution is 0.265. The van der Waals surface area contributed by atoms with Crippen LogP contribution in [0.5, 0.6) is 0 Å². The highest BCUT2D eigenvalue weighted by atomic mass is 14.7. The van der Waals surface area contributed by atoms with Gasteiger partial charge in [-0.25, -0.2) is 0 Å². The van der Waals surface area contributed by atoms with E-state index in [2.05, 4.69) is 54.6 Å². The first-order valence-electron chi connectivity index (χ1n) is 7.50. The number of hydrogen-bond donors (Lipinski definition) is 1. The van der Waals surface area contributed by atoms with Crippen molar-refractivity contribution >= 4 is 21.5 Å². The maximum atomic E-state index is 6.56. The Balaban J connectivity index is 2.02. The van der Waals surface area contributed by atoms with E-state index in [0.29, 0.717) is 5.92 Å². The smallest absolute Gasteiger partial charge is 0.0329 e. The molecule has 1 atom stereocenters. The third-order valence-corrected chi connectivity index (χ3v) is 4.82. The monoisotopic (exact) mass is 261 g/mol. The third-order valence-electron chi connectivity index (χ3n) is 4.82. The van der Waals surface area contributed by atoms with Gasteiger partial charge in [-0.05, 0) is 51.9 Å². The minimum Gasteiger partial charge on any atom is -0.324 e. The average molecular weight is 261 g/mol. The first-order valence-corrected chi connectivity index (χ1v) is 7.50. The molecule has 20 heavy (non-hydrogen) atoms. The summed E-state index contributed by atoms with van der Waals surface area (Å²) in [7, 11) is 0. The molecule has 1 aliphatic rings. The molecule has 0 unspecified atom stereocenters. The maximum Gasteiger partial charge on any atom is 0.0329 e. The molecule has 2 N–H and O–H groups in total. The topological polar surface area (TPSA) is 26.0 Å². The summed E-state index contributed by atoms with van der Waals surface area (Å²) in [4.78, 5) is 0. The van der Waals surface area contributed by atoms with Crippen LogP contribution in [-0.4, -0.2) is 0 Å². The van der Waals surface area contributed by atoms with E-state index in [1.807, 2.05) is 0 Å². The van der Waals surface area contributed by atoms with Crippen LogP contribution < -0.4 is 5.73 Å². The zero-order valence-corrected chi connectivity index (χ0v) is 11.5.